The van der Waals surface area contributed by atoms with Gasteiger partial charge in [-0.25, -0.2) is 4.39 Å². The lowest BCUT2D eigenvalue weighted by Crippen LogP contribution is -2.38. The fourth-order valence-electron chi connectivity index (χ4n) is 2.14. The van der Waals surface area contributed by atoms with Crippen LogP contribution >= 0.6 is 27.5 Å². The van der Waals surface area contributed by atoms with E-state index in [4.69, 9.17) is 11.6 Å². The Morgan fingerprint density at radius 1 is 1.56 bits per heavy atom. The first-order valence-corrected chi connectivity index (χ1v) is 7.05. The van der Waals surface area contributed by atoms with Crippen molar-refractivity contribution in [3.63, 3.8) is 0 Å². The largest absolute Gasteiger partial charge is 0.341 e. The molecule has 0 bridgehead atoms. The molecule has 1 amide bonds. The van der Waals surface area contributed by atoms with E-state index in [1.54, 1.807) is 18.0 Å². The van der Waals surface area contributed by atoms with Gasteiger partial charge in [0.25, 0.3) is 5.91 Å². The molecule has 5 heteroatoms. The summed E-state index contributed by atoms with van der Waals surface area (Å²) in [7, 11) is 1.70. The number of alkyl halides is 1. The van der Waals surface area contributed by atoms with E-state index in [2.05, 4.69) is 15.9 Å². The van der Waals surface area contributed by atoms with Crippen molar-refractivity contribution >= 4 is 33.4 Å². The average Bonchev–Trinajstić information content (AvgIpc) is 2.29. The first kappa shape index (κ1) is 13.8. The lowest BCUT2D eigenvalue weighted by Gasteiger charge is -2.34. The van der Waals surface area contributed by atoms with Crippen LogP contribution < -0.4 is 0 Å². The van der Waals surface area contributed by atoms with Crippen LogP contribution in [0, 0.1) is 11.7 Å². The fraction of sp³-hybridized carbons (Fsp3) is 0.462. The Kier molecular flexibility index (Phi) is 4.28. The van der Waals surface area contributed by atoms with Gasteiger partial charge in [0.15, 0.2) is 0 Å². The van der Waals surface area contributed by atoms with Crippen molar-refractivity contribution in [1.82, 2.24) is 4.90 Å². The zero-order valence-corrected chi connectivity index (χ0v) is 12.3. The van der Waals surface area contributed by atoms with E-state index in [-0.39, 0.29) is 16.8 Å². The summed E-state index contributed by atoms with van der Waals surface area (Å²) in [6.45, 7) is 0.633. The molecule has 0 aromatic heterocycles. The molecule has 0 spiro atoms. The maximum absolute atomic E-state index is 13.6. The Hall–Kier alpha value is -0.610. The van der Waals surface area contributed by atoms with Gasteiger partial charge < -0.3 is 4.90 Å². The maximum Gasteiger partial charge on any atom is 0.256 e. The average molecular weight is 335 g/mol. The molecule has 98 valence electrons. The first-order chi connectivity index (χ1) is 8.47. The second kappa shape index (κ2) is 5.57. The van der Waals surface area contributed by atoms with Crippen LogP contribution in [0.2, 0.25) is 0 Å². The molecule has 0 aliphatic heterocycles. The molecule has 0 unspecified atom stereocenters. The highest BCUT2D eigenvalue weighted by molar-refractivity contribution is 9.10. The summed E-state index contributed by atoms with van der Waals surface area (Å²) in [5, 5.41) is 0.237. The van der Waals surface area contributed by atoms with Gasteiger partial charge >= 0.3 is 0 Å². The number of benzene rings is 1. The zero-order chi connectivity index (χ0) is 13.3. The highest BCUT2D eigenvalue weighted by Gasteiger charge is 2.29. The summed E-state index contributed by atoms with van der Waals surface area (Å²) in [6, 6.07) is 4.39. The summed E-state index contributed by atoms with van der Waals surface area (Å²) in [4.78, 5) is 13.7. The number of carbonyl (C=O) groups excluding carboxylic acids is 1. The summed E-state index contributed by atoms with van der Waals surface area (Å²) in [5.74, 6) is -0.331. The number of carbonyl (C=O) groups is 1. The smallest absolute Gasteiger partial charge is 0.256 e. The molecule has 0 N–H and O–H groups in total. The van der Waals surface area contributed by atoms with Crippen molar-refractivity contribution in [2.75, 3.05) is 13.6 Å². The molecule has 0 atom stereocenters. The van der Waals surface area contributed by atoms with Crippen LogP contribution in [-0.4, -0.2) is 29.8 Å². The normalized spacial score (nSPS) is 22.4. The highest BCUT2D eigenvalue weighted by atomic mass is 79.9. The minimum absolute atomic E-state index is 0.105. The standard InChI is InChI=1S/C13H14BrClFNO/c1-17(7-8-4-10(15)5-8)13(18)11-6-9(14)2-3-12(11)16/h2-3,6,8,10H,4-5,7H2,1H3. The molecule has 0 saturated heterocycles. The van der Waals surface area contributed by atoms with Gasteiger partial charge in [-0.15, -0.1) is 11.6 Å². The van der Waals surface area contributed by atoms with Gasteiger partial charge in [0.1, 0.15) is 5.82 Å². The van der Waals surface area contributed by atoms with Crippen molar-refractivity contribution in [2.24, 2.45) is 5.92 Å². The van der Waals surface area contributed by atoms with E-state index in [1.807, 2.05) is 0 Å². The molecule has 18 heavy (non-hydrogen) atoms. The Bertz CT molecular complexity index is 462. The van der Waals surface area contributed by atoms with Gasteiger partial charge in [-0.1, -0.05) is 15.9 Å². The monoisotopic (exact) mass is 333 g/mol. The van der Waals surface area contributed by atoms with Crippen molar-refractivity contribution in [3.8, 4) is 0 Å². The van der Waals surface area contributed by atoms with Crippen LogP contribution in [0.15, 0.2) is 22.7 Å². The molecule has 1 fully saturated rings. The van der Waals surface area contributed by atoms with Crippen LogP contribution in [0.25, 0.3) is 0 Å². The second-order valence-electron chi connectivity index (χ2n) is 4.74. The van der Waals surface area contributed by atoms with E-state index < -0.39 is 5.82 Å². The number of hydrogen-bond acceptors (Lipinski definition) is 1. The molecule has 1 aliphatic rings. The van der Waals surface area contributed by atoms with Crippen molar-refractivity contribution in [2.45, 2.75) is 18.2 Å². The van der Waals surface area contributed by atoms with Gasteiger partial charge in [-0.3, -0.25) is 4.79 Å². The molecule has 1 aliphatic carbocycles. The number of rotatable bonds is 3. The van der Waals surface area contributed by atoms with E-state index in [9.17, 15) is 9.18 Å². The van der Waals surface area contributed by atoms with E-state index in [0.717, 1.165) is 12.8 Å². The predicted molar refractivity (Wildman–Crippen MR) is 73.4 cm³/mol. The minimum Gasteiger partial charge on any atom is -0.341 e. The van der Waals surface area contributed by atoms with E-state index in [1.165, 1.54) is 12.1 Å². The Balaban J connectivity index is 2.03. The topological polar surface area (TPSA) is 20.3 Å². The van der Waals surface area contributed by atoms with Crippen LogP contribution in [0.4, 0.5) is 4.39 Å². The third kappa shape index (κ3) is 3.04. The molecule has 0 heterocycles. The number of nitrogens with zero attached hydrogens (tertiary/aromatic N) is 1. The molecule has 1 aromatic rings. The summed E-state index contributed by atoms with van der Waals surface area (Å²) in [6.07, 6.45) is 1.86. The lowest BCUT2D eigenvalue weighted by atomic mass is 9.84. The molecular formula is C13H14BrClFNO. The second-order valence-corrected chi connectivity index (χ2v) is 6.28. The zero-order valence-electron chi connectivity index (χ0n) is 10.00. The van der Waals surface area contributed by atoms with Crippen LogP contribution in [-0.2, 0) is 0 Å². The van der Waals surface area contributed by atoms with Gasteiger partial charge in [-0.05, 0) is 37.0 Å². The van der Waals surface area contributed by atoms with E-state index in [0.29, 0.717) is 16.9 Å². The fourth-order valence-corrected chi connectivity index (χ4v) is 3.01. The predicted octanol–water partition coefficient (Wildman–Crippen LogP) is 3.68. The van der Waals surface area contributed by atoms with Gasteiger partial charge in [-0.2, -0.15) is 0 Å². The molecule has 2 rings (SSSR count). The van der Waals surface area contributed by atoms with Crippen molar-refractivity contribution < 1.29 is 9.18 Å². The SMILES string of the molecule is CN(CC1CC(Cl)C1)C(=O)c1cc(Br)ccc1F. The van der Waals surface area contributed by atoms with Gasteiger partial charge in [0.2, 0.25) is 0 Å². The summed E-state index contributed by atoms with van der Waals surface area (Å²) < 4.78 is 14.3. The van der Waals surface area contributed by atoms with Gasteiger partial charge in [0.05, 0.1) is 5.56 Å². The molecule has 1 saturated carbocycles. The first-order valence-electron chi connectivity index (χ1n) is 5.82. The van der Waals surface area contributed by atoms with Gasteiger partial charge in [0, 0.05) is 23.4 Å². The summed E-state index contributed by atoms with van der Waals surface area (Å²) in [5.41, 5.74) is 0.105. The Labute approximate surface area is 119 Å². The Morgan fingerprint density at radius 3 is 2.83 bits per heavy atom. The summed E-state index contributed by atoms with van der Waals surface area (Å²) >= 11 is 9.14. The Morgan fingerprint density at radius 2 is 2.22 bits per heavy atom. The molecule has 2 nitrogen and oxygen atoms in total. The number of hydrogen-bond donors (Lipinski definition) is 0. The third-order valence-corrected chi connectivity index (χ3v) is 4.07. The minimum atomic E-state index is -0.487. The van der Waals surface area contributed by atoms with Crippen molar-refractivity contribution in [3.05, 3.63) is 34.1 Å². The number of halogens is 3. The third-order valence-electron chi connectivity index (χ3n) is 3.22. The van der Waals surface area contributed by atoms with Crippen LogP contribution in [0.3, 0.4) is 0 Å². The van der Waals surface area contributed by atoms with Crippen LogP contribution in [0.1, 0.15) is 23.2 Å². The quantitative estimate of drug-likeness (QED) is 0.772. The number of amides is 1. The molecular weight excluding hydrogens is 321 g/mol. The van der Waals surface area contributed by atoms with E-state index >= 15 is 0 Å². The maximum atomic E-state index is 13.6. The lowest BCUT2D eigenvalue weighted by molar-refractivity contribution is 0.0742. The van der Waals surface area contributed by atoms with Crippen LogP contribution in [0.5, 0.6) is 0 Å². The molecule has 1 aromatic carbocycles. The molecule has 0 radical (unpaired) electrons. The van der Waals surface area contributed by atoms with Crippen molar-refractivity contribution in [1.29, 1.82) is 0 Å². The highest BCUT2D eigenvalue weighted by Crippen LogP contribution is 2.32.